The Hall–Kier alpha value is -0.730. The molecule has 0 saturated heterocycles. The molecule has 5 fully saturated rings. The highest BCUT2D eigenvalue weighted by molar-refractivity contribution is 5.76. The molecule has 37 heavy (non-hydrogen) atoms. The number of rotatable bonds is 2. The molecule has 7 nitrogen and oxygen atoms in total. The average molecular weight is 523 g/mol. The van der Waals surface area contributed by atoms with Crippen LogP contribution in [0.5, 0.6) is 0 Å². The van der Waals surface area contributed by atoms with Gasteiger partial charge in [-0.2, -0.15) is 0 Å². The van der Waals surface area contributed by atoms with E-state index in [-0.39, 0.29) is 46.5 Å². The molecule has 0 aromatic rings. The minimum atomic E-state index is -1.26. The van der Waals surface area contributed by atoms with Gasteiger partial charge in [-0.1, -0.05) is 27.7 Å². The number of aliphatic carboxylic acids is 1. The maximum Gasteiger partial charge on any atom is 0.312 e. The summed E-state index contributed by atoms with van der Waals surface area (Å²) in [6, 6.07) is 0. The van der Waals surface area contributed by atoms with Crippen LogP contribution in [0.4, 0.5) is 0 Å². The van der Waals surface area contributed by atoms with E-state index >= 15 is 0 Å². The number of aliphatic hydroxyl groups excluding tert-OH is 4. The number of hydrogen-bond donors (Lipinski definition) is 6. The van der Waals surface area contributed by atoms with Gasteiger partial charge in [0.1, 0.15) is 0 Å². The van der Waals surface area contributed by atoms with Crippen LogP contribution < -0.4 is 0 Å². The summed E-state index contributed by atoms with van der Waals surface area (Å²) in [5, 5.41) is 66.5. The first-order chi connectivity index (χ1) is 17.0. The Morgan fingerprint density at radius 3 is 1.89 bits per heavy atom. The molecule has 0 heterocycles. The van der Waals surface area contributed by atoms with Gasteiger partial charge in [0, 0.05) is 5.41 Å². The van der Waals surface area contributed by atoms with E-state index in [1.807, 2.05) is 6.92 Å². The lowest BCUT2D eigenvalue weighted by molar-refractivity contribution is -0.259. The van der Waals surface area contributed by atoms with Crippen molar-refractivity contribution in [3.63, 3.8) is 0 Å². The summed E-state index contributed by atoms with van der Waals surface area (Å²) in [5.74, 6) is -1.17. The van der Waals surface area contributed by atoms with Gasteiger partial charge in [-0.15, -0.1) is 0 Å². The van der Waals surface area contributed by atoms with Crippen molar-refractivity contribution in [3.05, 3.63) is 0 Å². The third-order valence-corrected chi connectivity index (χ3v) is 13.8. The highest BCUT2D eigenvalue weighted by atomic mass is 16.4. The van der Waals surface area contributed by atoms with Crippen LogP contribution >= 0.6 is 0 Å². The molecule has 0 radical (unpaired) electrons. The second-order valence-electron chi connectivity index (χ2n) is 15.3. The number of carboxylic acid groups (broad SMARTS) is 1. The first-order valence-corrected chi connectivity index (χ1v) is 14.6. The normalized spacial score (nSPS) is 59.8. The molecule has 0 aliphatic heterocycles. The zero-order valence-corrected chi connectivity index (χ0v) is 23.4. The fourth-order valence-corrected chi connectivity index (χ4v) is 11.7. The number of hydrogen-bond acceptors (Lipinski definition) is 6. The van der Waals surface area contributed by atoms with Crippen LogP contribution in [-0.2, 0) is 4.79 Å². The maximum absolute atomic E-state index is 12.5. The Morgan fingerprint density at radius 1 is 0.730 bits per heavy atom. The molecule has 5 aliphatic carbocycles. The molecule has 13 atom stereocenters. The second kappa shape index (κ2) is 8.39. The van der Waals surface area contributed by atoms with Crippen molar-refractivity contribution in [1.29, 1.82) is 0 Å². The van der Waals surface area contributed by atoms with E-state index in [0.29, 0.717) is 32.1 Å². The largest absolute Gasteiger partial charge is 0.481 e. The van der Waals surface area contributed by atoms with Gasteiger partial charge in [-0.25, -0.2) is 0 Å². The molecule has 0 aromatic carbocycles. The van der Waals surface area contributed by atoms with Crippen LogP contribution in [0.25, 0.3) is 0 Å². The van der Waals surface area contributed by atoms with Crippen molar-refractivity contribution in [2.45, 2.75) is 123 Å². The standard InChI is InChI=1S/C30H50O7/c1-25-11-8-18-26(2,13-10-22(33)29(18,5)24(35)36)17(25)6-7-19-27(3)12-9-21(32)28(4,16-31)20(27)14-23(34)30(19,37)15-25/h17-23,31-34,37H,6-16H2,1-5H3,(H,35,36)/t17-,18+,19+,20+,21-,22+,23-,25-,26+,27+,28+,29+,30+/m0/s1. The van der Waals surface area contributed by atoms with Crippen LogP contribution in [0.2, 0.25) is 0 Å². The summed E-state index contributed by atoms with van der Waals surface area (Å²) in [5.41, 5.74) is -4.04. The Balaban J connectivity index is 1.56. The molecular weight excluding hydrogens is 472 g/mol. The zero-order valence-electron chi connectivity index (χ0n) is 23.4. The summed E-state index contributed by atoms with van der Waals surface area (Å²) in [6.45, 7) is 10.2. The highest BCUT2D eigenvalue weighted by Gasteiger charge is 2.70. The first kappa shape index (κ1) is 27.8. The number of aliphatic hydroxyl groups is 5. The third-order valence-electron chi connectivity index (χ3n) is 13.8. The Morgan fingerprint density at radius 2 is 1.30 bits per heavy atom. The van der Waals surface area contributed by atoms with Gasteiger partial charge in [0.05, 0.1) is 35.9 Å². The molecule has 0 bridgehead atoms. The van der Waals surface area contributed by atoms with Gasteiger partial charge in [0.2, 0.25) is 0 Å². The molecule has 6 N–H and O–H groups in total. The van der Waals surface area contributed by atoms with Gasteiger partial charge < -0.3 is 30.6 Å². The van der Waals surface area contributed by atoms with E-state index in [1.54, 1.807) is 6.92 Å². The number of fused-ring (bicyclic) bond motifs is 6. The minimum absolute atomic E-state index is 0.106. The number of carboxylic acids is 1. The monoisotopic (exact) mass is 522 g/mol. The van der Waals surface area contributed by atoms with Crippen LogP contribution in [0, 0.1) is 50.7 Å². The van der Waals surface area contributed by atoms with E-state index in [1.165, 1.54) is 0 Å². The van der Waals surface area contributed by atoms with Crippen molar-refractivity contribution in [3.8, 4) is 0 Å². The van der Waals surface area contributed by atoms with Crippen LogP contribution in [-0.4, -0.2) is 67.1 Å². The van der Waals surface area contributed by atoms with Gasteiger partial charge in [0.25, 0.3) is 0 Å². The van der Waals surface area contributed by atoms with Crippen molar-refractivity contribution >= 4 is 5.97 Å². The van der Waals surface area contributed by atoms with Crippen LogP contribution in [0.3, 0.4) is 0 Å². The molecule has 0 unspecified atom stereocenters. The maximum atomic E-state index is 12.5. The summed E-state index contributed by atoms with van der Waals surface area (Å²) < 4.78 is 0. The van der Waals surface area contributed by atoms with Gasteiger partial charge in [-0.05, 0) is 111 Å². The Bertz CT molecular complexity index is 941. The Kier molecular flexibility index (Phi) is 6.31. The smallest absolute Gasteiger partial charge is 0.312 e. The van der Waals surface area contributed by atoms with Crippen LogP contribution in [0.15, 0.2) is 0 Å². The van der Waals surface area contributed by atoms with Crippen molar-refractivity contribution in [2.75, 3.05) is 6.61 Å². The summed E-state index contributed by atoms with van der Waals surface area (Å²) in [7, 11) is 0. The topological polar surface area (TPSA) is 138 Å². The summed E-state index contributed by atoms with van der Waals surface area (Å²) in [4.78, 5) is 12.5. The third kappa shape index (κ3) is 3.39. The van der Waals surface area contributed by atoms with E-state index in [0.717, 1.165) is 32.1 Å². The molecule has 5 aliphatic rings. The molecule has 0 amide bonds. The van der Waals surface area contributed by atoms with Gasteiger partial charge in [0.15, 0.2) is 0 Å². The lowest BCUT2D eigenvalue weighted by Crippen LogP contribution is -2.68. The molecule has 0 aromatic heterocycles. The minimum Gasteiger partial charge on any atom is -0.481 e. The lowest BCUT2D eigenvalue weighted by atomic mass is 9.41. The molecule has 0 spiro atoms. The first-order valence-electron chi connectivity index (χ1n) is 14.6. The fraction of sp³-hybridized carbons (Fsp3) is 0.967. The predicted molar refractivity (Wildman–Crippen MR) is 138 cm³/mol. The molecule has 7 heteroatoms. The van der Waals surface area contributed by atoms with Gasteiger partial charge >= 0.3 is 5.97 Å². The summed E-state index contributed by atoms with van der Waals surface area (Å²) >= 11 is 0. The zero-order chi connectivity index (χ0) is 27.4. The second-order valence-corrected chi connectivity index (χ2v) is 15.3. The van der Waals surface area contributed by atoms with Crippen molar-refractivity contribution < 1.29 is 35.4 Å². The molecular formula is C30H50O7. The van der Waals surface area contributed by atoms with Crippen LogP contribution in [0.1, 0.15) is 98.8 Å². The molecule has 5 saturated carbocycles. The quantitative estimate of drug-likeness (QED) is 0.327. The SMILES string of the molecule is C[C@@]12CC[C@@H]3[C@](C)(CC[C@@H](O)[C@]3(C)C(=O)O)[C@H]1CC[C@@H]1[C@@]3(C)CC[C@H](O)[C@](C)(CO)[C@@H]3C[C@H](O)[C@@]1(O)C2. The molecule has 212 valence electrons. The van der Waals surface area contributed by atoms with E-state index in [4.69, 9.17) is 0 Å². The van der Waals surface area contributed by atoms with E-state index in [2.05, 4.69) is 20.8 Å². The predicted octanol–water partition coefficient (Wildman–Crippen LogP) is 3.34. The molecule has 5 rings (SSSR count). The van der Waals surface area contributed by atoms with Gasteiger partial charge in [-0.3, -0.25) is 4.79 Å². The lowest BCUT2D eigenvalue weighted by Gasteiger charge is -2.65. The fourth-order valence-electron chi connectivity index (χ4n) is 11.7. The van der Waals surface area contributed by atoms with Crippen molar-refractivity contribution in [1.82, 2.24) is 0 Å². The van der Waals surface area contributed by atoms with E-state index in [9.17, 15) is 35.4 Å². The van der Waals surface area contributed by atoms with E-state index < -0.39 is 40.7 Å². The summed E-state index contributed by atoms with van der Waals surface area (Å²) in [6.07, 6.45) is 3.98. The van der Waals surface area contributed by atoms with Crippen molar-refractivity contribution in [2.24, 2.45) is 50.7 Å². The number of carbonyl (C=O) groups is 1. The Labute approximate surface area is 221 Å². The highest BCUT2D eigenvalue weighted by Crippen LogP contribution is 2.71. The average Bonchev–Trinajstić information content (AvgIpc) is 2.96.